The smallest absolute Gasteiger partial charge is 0.330 e. The number of phenolic OH excluding ortho intramolecular Hbond substituents is 3. The molecule has 0 radical (unpaired) electrons. The average Bonchev–Trinajstić information content (AvgIpc) is 3.22. The maximum Gasteiger partial charge on any atom is 0.330 e. The van der Waals surface area contributed by atoms with Crippen molar-refractivity contribution >= 4 is 17.9 Å². The van der Waals surface area contributed by atoms with Crippen LogP contribution in [-0.4, -0.2) is 121 Å². The number of aromatic hydroxyl groups is 3. The van der Waals surface area contributed by atoms with E-state index in [1.54, 1.807) is 20.8 Å². The molecule has 3 aromatic carbocycles. The Morgan fingerprint density at radius 3 is 1.10 bits per heavy atom. The number of aliphatic hydroxyl groups excluding tert-OH is 3. The summed E-state index contributed by atoms with van der Waals surface area (Å²) < 4.78 is 31.5. The van der Waals surface area contributed by atoms with Gasteiger partial charge in [0.05, 0.1) is 16.7 Å². The number of aromatic nitrogens is 3. The van der Waals surface area contributed by atoms with Crippen molar-refractivity contribution in [1.29, 1.82) is 0 Å². The number of benzene rings is 3. The zero-order valence-corrected chi connectivity index (χ0v) is 32.7. The number of nitrogens with zero attached hydrogens (tertiary/aromatic N) is 3. The van der Waals surface area contributed by atoms with Crippen molar-refractivity contribution in [3.8, 4) is 68.7 Å². The lowest BCUT2D eigenvalue weighted by molar-refractivity contribution is -0.144. The fraction of sp³-hybridized carbons (Fsp3) is 0.317. The number of hydrogen-bond donors (Lipinski definition) is 6. The van der Waals surface area contributed by atoms with E-state index in [0.717, 1.165) is 12.2 Å². The number of hydrogen-bond acceptors (Lipinski definition) is 18. The van der Waals surface area contributed by atoms with E-state index in [4.69, 9.17) is 28.4 Å². The molecule has 0 saturated heterocycles. The molecule has 3 atom stereocenters. The van der Waals surface area contributed by atoms with Crippen LogP contribution in [0.4, 0.5) is 0 Å². The van der Waals surface area contributed by atoms with Crippen LogP contribution in [0, 0.1) is 20.8 Å². The molecule has 314 valence electrons. The Morgan fingerprint density at radius 2 is 0.831 bits per heavy atom. The quantitative estimate of drug-likeness (QED) is 0.0425. The van der Waals surface area contributed by atoms with E-state index in [-0.39, 0.29) is 125 Å². The first-order valence-electron chi connectivity index (χ1n) is 17.9. The Balaban J connectivity index is 1.73. The molecule has 4 aromatic rings. The van der Waals surface area contributed by atoms with Crippen molar-refractivity contribution < 1.29 is 73.4 Å². The molecule has 0 aliphatic carbocycles. The summed E-state index contributed by atoms with van der Waals surface area (Å²) in [6.07, 6.45) is -1.61. The van der Waals surface area contributed by atoms with Gasteiger partial charge in [-0.3, -0.25) is 4.79 Å². The van der Waals surface area contributed by atoms with Crippen molar-refractivity contribution in [3.05, 3.63) is 78.4 Å². The number of esters is 3. The predicted molar refractivity (Wildman–Crippen MR) is 209 cm³/mol. The molecule has 4 rings (SSSR count). The summed E-state index contributed by atoms with van der Waals surface area (Å²) in [6.45, 7) is 10.6. The normalized spacial score (nSPS) is 12.4. The Bertz CT molecular complexity index is 2080. The van der Waals surface area contributed by atoms with Crippen LogP contribution in [-0.2, 0) is 28.6 Å². The van der Waals surface area contributed by atoms with Gasteiger partial charge in [0.1, 0.15) is 92.5 Å². The molecule has 18 heteroatoms. The van der Waals surface area contributed by atoms with Crippen molar-refractivity contribution in [2.45, 2.75) is 46.0 Å². The van der Waals surface area contributed by atoms with Crippen LogP contribution < -0.4 is 14.2 Å². The van der Waals surface area contributed by atoms with Crippen molar-refractivity contribution in [3.63, 3.8) is 0 Å². The molecule has 6 N–H and O–H groups in total. The summed E-state index contributed by atoms with van der Waals surface area (Å²) in [5, 5.41) is 64.7. The Hall–Kier alpha value is -6.76. The molecular weight excluding hydrogens is 774 g/mol. The molecule has 3 unspecified atom stereocenters. The summed E-state index contributed by atoms with van der Waals surface area (Å²) in [5.74, 6) is -2.62. The van der Waals surface area contributed by atoms with Crippen LogP contribution in [0.15, 0.2) is 61.7 Å². The second-order valence-electron chi connectivity index (χ2n) is 12.9. The second kappa shape index (κ2) is 20.6. The molecule has 0 aliphatic rings. The van der Waals surface area contributed by atoms with Crippen LogP contribution in [0.25, 0.3) is 34.2 Å². The third kappa shape index (κ3) is 11.9. The van der Waals surface area contributed by atoms with Gasteiger partial charge in [0.2, 0.25) is 0 Å². The Kier molecular flexibility index (Phi) is 15.7. The molecule has 18 nitrogen and oxygen atoms in total. The molecule has 0 amide bonds. The molecule has 0 spiro atoms. The van der Waals surface area contributed by atoms with Gasteiger partial charge < -0.3 is 59.1 Å². The minimum atomic E-state index is -1.19. The van der Waals surface area contributed by atoms with E-state index in [9.17, 15) is 45.0 Å². The largest absolute Gasteiger partial charge is 0.507 e. The molecule has 59 heavy (non-hydrogen) atoms. The first-order valence-corrected chi connectivity index (χ1v) is 17.9. The van der Waals surface area contributed by atoms with E-state index in [1.807, 2.05) is 0 Å². The lowest BCUT2D eigenvalue weighted by Crippen LogP contribution is -2.24. The maximum atomic E-state index is 11.4. The summed E-state index contributed by atoms with van der Waals surface area (Å²) in [5.41, 5.74) is 1.01. The first-order chi connectivity index (χ1) is 28.0. The van der Waals surface area contributed by atoms with E-state index >= 15 is 0 Å². The van der Waals surface area contributed by atoms with E-state index < -0.39 is 36.2 Å². The predicted octanol–water partition coefficient (Wildman–Crippen LogP) is 3.16. The average molecular weight is 820 g/mol. The summed E-state index contributed by atoms with van der Waals surface area (Å²) >= 11 is 0. The Labute approximate surface area is 338 Å². The zero-order valence-electron chi connectivity index (χ0n) is 32.7. The molecule has 0 bridgehead atoms. The molecule has 0 aliphatic heterocycles. The number of aliphatic hydroxyl groups is 3. The van der Waals surface area contributed by atoms with E-state index in [1.165, 1.54) is 43.3 Å². The topological polar surface area (TPSA) is 267 Å². The number of phenols is 3. The van der Waals surface area contributed by atoms with Gasteiger partial charge in [0, 0.05) is 35.8 Å². The van der Waals surface area contributed by atoms with E-state index in [2.05, 4.69) is 28.1 Å². The third-order valence-corrected chi connectivity index (χ3v) is 8.44. The van der Waals surface area contributed by atoms with Gasteiger partial charge in [-0.15, -0.1) is 0 Å². The summed E-state index contributed by atoms with van der Waals surface area (Å²) in [7, 11) is 0. The molecule has 0 fully saturated rings. The van der Waals surface area contributed by atoms with Gasteiger partial charge >= 0.3 is 17.9 Å². The van der Waals surface area contributed by atoms with Gasteiger partial charge in [0.25, 0.3) is 0 Å². The van der Waals surface area contributed by atoms with Gasteiger partial charge in [-0.25, -0.2) is 24.5 Å². The highest BCUT2D eigenvalue weighted by Gasteiger charge is 2.23. The molecular formula is C41H45N3O15. The summed E-state index contributed by atoms with van der Waals surface area (Å²) in [6, 6.07) is 8.87. The zero-order chi connectivity index (χ0) is 43.4. The number of carbonyl (C=O) groups excluding carboxylic acids is 3. The number of rotatable bonds is 20. The second-order valence-corrected chi connectivity index (χ2v) is 12.9. The summed E-state index contributed by atoms with van der Waals surface area (Å²) in [4.78, 5) is 47.5. The molecule has 0 saturated carbocycles. The van der Waals surface area contributed by atoms with Crippen LogP contribution in [0.1, 0.15) is 23.6 Å². The minimum Gasteiger partial charge on any atom is -0.507 e. The van der Waals surface area contributed by atoms with Crippen LogP contribution in [0.2, 0.25) is 0 Å². The molecule has 1 aromatic heterocycles. The molecule has 1 heterocycles. The highest BCUT2D eigenvalue weighted by Crippen LogP contribution is 2.41. The maximum absolute atomic E-state index is 11.4. The highest BCUT2D eigenvalue weighted by atomic mass is 16.6. The van der Waals surface area contributed by atoms with Crippen molar-refractivity contribution in [2.24, 2.45) is 0 Å². The van der Waals surface area contributed by atoms with Crippen molar-refractivity contribution in [1.82, 2.24) is 15.0 Å². The standard InChI is InChI=1S/C41H45N3O15/c1-7-34(49)58-19-26(47)17-56-32-13-10-29(37(52)22(32)4)40-42-39(28-9-12-31(21(3)36(28)51)55-16-25(46)15-54-24(6)45)43-41(44-40)30-11-14-33(23(5)38(30)53)57-18-27(48)20-59-35(50)8-2/h7-14,25-27,46-48,51-53H,1-2,15-20H2,3-6H3. The van der Waals surface area contributed by atoms with Crippen LogP contribution >= 0.6 is 0 Å². The SMILES string of the molecule is C=CC(=O)OCC(O)COc1ccc(-c2nc(-c3ccc(OCC(O)COC(C)=O)c(C)c3O)nc(-c3ccc(OCC(O)COC(=O)C=C)c(C)c3O)n2)c(O)c1C. The third-order valence-electron chi connectivity index (χ3n) is 8.44. The fourth-order valence-corrected chi connectivity index (χ4v) is 5.18. The van der Waals surface area contributed by atoms with Gasteiger partial charge in [-0.2, -0.15) is 0 Å². The highest BCUT2D eigenvalue weighted by molar-refractivity contribution is 5.81. The first kappa shape index (κ1) is 44.9. The van der Waals surface area contributed by atoms with E-state index in [0.29, 0.717) is 0 Å². The number of ether oxygens (including phenoxy) is 6. The lowest BCUT2D eigenvalue weighted by Gasteiger charge is -2.18. The monoisotopic (exact) mass is 819 g/mol. The minimum absolute atomic E-state index is 0.0869. The van der Waals surface area contributed by atoms with Gasteiger partial charge in [-0.05, 0) is 57.2 Å². The lowest BCUT2D eigenvalue weighted by atomic mass is 10.1. The fourth-order valence-electron chi connectivity index (χ4n) is 5.18. The van der Waals surface area contributed by atoms with Crippen molar-refractivity contribution in [2.75, 3.05) is 39.6 Å². The van der Waals surface area contributed by atoms with Gasteiger partial charge in [0.15, 0.2) is 17.5 Å². The number of carbonyl (C=O) groups is 3. The Morgan fingerprint density at radius 1 is 0.542 bits per heavy atom. The van der Waals surface area contributed by atoms with Gasteiger partial charge in [-0.1, -0.05) is 13.2 Å². The van der Waals surface area contributed by atoms with Crippen LogP contribution in [0.5, 0.6) is 34.5 Å². The van der Waals surface area contributed by atoms with Crippen LogP contribution in [0.3, 0.4) is 0 Å².